The summed E-state index contributed by atoms with van der Waals surface area (Å²) in [5.41, 5.74) is 15.1. The van der Waals surface area contributed by atoms with Crippen molar-refractivity contribution in [3.05, 3.63) is 35.8 Å². The third kappa shape index (κ3) is 4.23. The Morgan fingerprint density at radius 1 is 1.28 bits per heavy atom. The van der Waals surface area contributed by atoms with Gasteiger partial charge in [-0.2, -0.15) is 0 Å². The van der Waals surface area contributed by atoms with Gasteiger partial charge in [0.1, 0.15) is 11.9 Å². The monoisotopic (exact) mass is 397 g/mol. The third-order valence-corrected chi connectivity index (χ3v) is 5.63. The summed E-state index contributed by atoms with van der Waals surface area (Å²) in [5.74, 6) is 2.36. The molecule has 2 heterocycles. The summed E-state index contributed by atoms with van der Waals surface area (Å²) in [4.78, 5) is 14.7. The molecule has 0 bridgehead atoms. The van der Waals surface area contributed by atoms with Crippen LogP contribution in [-0.2, 0) is 0 Å². The predicted octanol–water partition coefficient (Wildman–Crippen LogP) is 3.02. The maximum Gasteiger partial charge on any atom is 0.206 e. The number of nitrogens with one attached hydrogen (secondary N) is 2. The van der Waals surface area contributed by atoms with Crippen LogP contribution < -0.4 is 26.4 Å². The van der Waals surface area contributed by atoms with E-state index < -0.39 is 6.17 Å². The van der Waals surface area contributed by atoms with Gasteiger partial charge in [0.25, 0.3) is 0 Å². The highest BCUT2D eigenvalue weighted by Gasteiger charge is 2.33. The summed E-state index contributed by atoms with van der Waals surface area (Å²) in [6.07, 6.45) is 8.11. The van der Waals surface area contributed by atoms with Gasteiger partial charge in [-0.3, -0.25) is 4.90 Å². The molecule has 8 nitrogen and oxygen atoms in total. The number of nitrogens with two attached hydrogens (primary N) is 2. The molecule has 1 aliphatic heterocycles. The average molecular weight is 398 g/mol. The van der Waals surface area contributed by atoms with Crippen LogP contribution in [0.4, 0.5) is 11.5 Å². The lowest BCUT2D eigenvalue weighted by molar-refractivity contribution is 0.313. The lowest BCUT2D eigenvalue weighted by Crippen LogP contribution is -2.48. The maximum atomic E-state index is 6.66. The fraction of sp³-hybridized carbons (Fsp3) is 0.524. The zero-order valence-corrected chi connectivity index (χ0v) is 17.0. The molecular formula is C21H31N7O. The Kier molecular flexibility index (Phi) is 6.01. The smallest absolute Gasteiger partial charge is 0.206 e. The maximum absolute atomic E-state index is 6.66. The molecule has 0 saturated heterocycles. The quantitative estimate of drug-likeness (QED) is 0.557. The highest BCUT2D eigenvalue weighted by Crippen LogP contribution is 2.35. The van der Waals surface area contributed by atoms with E-state index in [1.165, 1.54) is 19.3 Å². The van der Waals surface area contributed by atoms with Crippen LogP contribution in [0.5, 0.6) is 5.75 Å². The van der Waals surface area contributed by atoms with Crippen LogP contribution in [0.25, 0.3) is 0 Å². The van der Waals surface area contributed by atoms with Gasteiger partial charge < -0.3 is 26.5 Å². The number of aromatic amines is 1. The lowest BCUT2D eigenvalue weighted by atomic mass is 9.96. The highest BCUT2D eigenvalue weighted by atomic mass is 16.5. The first-order valence-electron chi connectivity index (χ1n) is 10.5. The molecular weight excluding hydrogens is 366 g/mol. The van der Waals surface area contributed by atoms with E-state index in [-0.39, 0.29) is 0 Å². The number of aryl methyl sites for hydroxylation is 1. The molecule has 8 heteroatoms. The normalized spacial score (nSPS) is 21.1. The van der Waals surface area contributed by atoms with Crippen molar-refractivity contribution >= 4 is 17.5 Å². The Morgan fingerprint density at radius 2 is 2.10 bits per heavy atom. The Labute approximate surface area is 171 Å². The third-order valence-electron chi connectivity index (χ3n) is 5.63. The van der Waals surface area contributed by atoms with Gasteiger partial charge in [-0.1, -0.05) is 19.3 Å². The number of rotatable bonds is 6. The number of hydrogen-bond donors (Lipinski definition) is 4. The van der Waals surface area contributed by atoms with Gasteiger partial charge in [0.2, 0.25) is 5.96 Å². The second kappa shape index (κ2) is 8.84. The zero-order chi connectivity index (χ0) is 20.2. The van der Waals surface area contributed by atoms with E-state index in [9.17, 15) is 0 Å². The van der Waals surface area contributed by atoms with Crippen LogP contribution >= 0.6 is 0 Å². The molecule has 1 atom stereocenters. The molecule has 2 aliphatic rings. The van der Waals surface area contributed by atoms with Crippen LogP contribution in [0, 0.1) is 6.92 Å². The first-order valence-corrected chi connectivity index (χ1v) is 10.5. The lowest BCUT2D eigenvalue weighted by Gasteiger charge is -2.37. The van der Waals surface area contributed by atoms with E-state index in [4.69, 9.17) is 21.2 Å². The van der Waals surface area contributed by atoms with Crippen molar-refractivity contribution in [1.29, 1.82) is 0 Å². The number of aromatic nitrogens is 2. The van der Waals surface area contributed by atoms with Crippen molar-refractivity contribution < 1.29 is 4.74 Å². The van der Waals surface area contributed by atoms with Crippen molar-refractivity contribution in [3.63, 3.8) is 0 Å². The molecule has 1 aromatic carbocycles. The number of ether oxygens (including phenoxy) is 1. The minimum Gasteiger partial charge on any atom is -0.494 e. The largest absolute Gasteiger partial charge is 0.494 e. The number of anilines is 2. The first-order chi connectivity index (χ1) is 14.2. The van der Waals surface area contributed by atoms with Gasteiger partial charge in [-0.15, -0.1) is 0 Å². The summed E-state index contributed by atoms with van der Waals surface area (Å²) in [6, 6.07) is 6.39. The number of nitrogens with zero attached hydrogens (tertiary/aromatic N) is 3. The Morgan fingerprint density at radius 3 is 2.86 bits per heavy atom. The van der Waals surface area contributed by atoms with Gasteiger partial charge in [0.15, 0.2) is 5.82 Å². The Balaban J connectivity index is 1.65. The fourth-order valence-electron chi connectivity index (χ4n) is 4.06. The summed E-state index contributed by atoms with van der Waals surface area (Å²) in [7, 11) is 0. The molecule has 2 aromatic rings. The van der Waals surface area contributed by atoms with E-state index in [0.29, 0.717) is 19.2 Å². The number of imidazole rings is 1. The van der Waals surface area contributed by atoms with Gasteiger partial charge in [0, 0.05) is 5.69 Å². The number of hydrogen-bond acceptors (Lipinski definition) is 5. The summed E-state index contributed by atoms with van der Waals surface area (Å²) >= 11 is 0. The van der Waals surface area contributed by atoms with E-state index in [0.717, 1.165) is 53.7 Å². The molecule has 1 unspecified atom stereocenters. The molecule has 6 N–H and O–H groups in total. The second-order valence-electron chi connectivity index (χ2n) is 7.79. The van der Waals surface area contributed by atoms with Crippen molar-refractivity contribution in [2.45, 2.75) is 57.7 Å². The second-order valence-corrected chi connectivity index (χ2v) is 7.79. The predicted molar refractivity (Wildman–Crippen MR) is 116 cm³/mol. The van der Waals surface area contributed by atoms with Gasteiger partial charge in [-0.25, -0.2) is 9.98 Å². The van der Waals surface area contributed by atoms with E-state index in [2.05, 4.69) is 27.1 Å². The number of fused-ring (bicyclic) bond motifs is 1. The minimum atomic E-state index is -0.390. The molecule has 0 amide bonds. The average Bonchev–Trinajstić information content (AvgIpc) is 3.19. The Hall–Kier alpha value is -2.58. The van der Waals surface area contributed by atoms with Gasteiger partial charge in [0.05, 0.1) is 24.7 Å². The summed E-state index contributed by atoms with van der Waals surface area (Å²) < 4.78 is 5.80. The number of guanidine groups is 1. The van der Waals surface area contributed by atoms with Gasteiger partial charge in [-0.05, 0) is 56.5 Å². The molecule has 0 spiro atoms. The van der Waals surface area contributed by atoms with Crippen LogP contribution in [0.2, 0.25) is 0 Å². The van der Waals surface area contributed by atoms with Crippen LogP contribution in [0.1, 0.15) is 55.9 Å². The van der Waals surface area contributed by atoms with E-state index in [1.54, 1.807) is 6.33 Å². The topological polar surface area (TPSA) is 118 Å². The molecule has 1 aromatic heterocycles. The van der Waals surface area contributed by atoms with E-state index in [1.807, 2.05) is 18.2 Å². The molecule has 1 aliphatic carbocycles. The fourth-order valence-corrected chi connectivity index (χ4v) is 4.06. The number of aliphatic imine (C=N–C) groups is 1. The minimum absolute atomic E-state index is 0.320. The standard InChI is InChI=1S/C21H31N7O/c1-14-12-16(29-11-5-10-22)8-9-17(14)28-19(23)18-20(25-13-24-18)27-21(28)26-15-6-3-2-4-7-15/h8-9,12-13,15,19H,2-7,10-11,22-23H2,1H3,(H,24,25)(H,26,27). The Bertz CT molecular complexity index is 856. The zero-order valence-electron chi connectivity index (χ0n) is 17.0. The highest BCUT2D eigenvalue weighted by molar-refractivity contribution is 6.08. The molecule has 1 fully saturated rings. The van der Waals surface area contributed by atoms with Crippen LogP contribution in [0.15, 0.2) is 29.5 Å². The SMILES string of the molecule is Cc1cc(OCCCN)ccc1N1C(=NC2CCCCC2)Nc2nc[nH]c2C1N. The van der Waals surface area contributed by atoms with Crippen LogP contribution in [0.3, 0.4) is 0 Å². The van der Waals surface area contributed by atoms with Gasteiger partial charge >= 0.3 is 0 Å². The van der Waals surface area contributed by atoms with Crippen molar-refractivity contribution in [2.75, 3.05) is 23.4 Å². The number of benzene rings is 1. The molecule has 156 valence electrons. The molecule has 1 saturated carbocycles. The molecule has 4 rings (SSSR count). The van der Waals surface area contributed by atoms with E-state index >= 15 is 0 Å². The van der Waals surface area contributed by atoms with Crippen molar-refractivity contribution in [3.8, 4) is 5.75 Å². The summed E-state index contributed by atoms with van der Waals surface area (Å²) in [5, 5.41) is 3.40. The molecule has 29 heavy (non-hydrogen) atoms. The van der Waals surface area contributed by atoms with Crippen LogP contribution in [-0.4, -0.2) is 35.1 Å². The van der Waals surface area contributed by atoms with Crippen molar-refractivity contribution in [1.82, 2.24) is 9.97 Å². The molecule has 0 radical (unpaired) electrons. The summed E-state index contributed by atoms with van der Waals surface area (Å²) in [6.45, 7) is 3.31. The first kappa shape index (κ1) is 19.7. The van der Waals surface area contributed by atoms with Crippen molar-refractivity contribution in [2.24, 2.45) is 16.5 Å². The number of H-pyrrole nitrogens is 1.